The molecule has 0 amide bonds. The zero-order valence-corrected chi connectivity index (χ0v) is 12.6. The van der Waals surface area contributed by atoms with Crippen molar-refractivity contribution in [1.29, 1.82) is 0 Å². The second kappa shape index (κ2) is 4.46. The summed E-state index contributed by atoms with van der Waals surface area (Å²) >= 11 is 0. The van der Waals surface area contributed by atoms with E-state index in [0.29, 0.717) is 0 Å². The number of nitrogens with zero attached hydrogens (tertiary/aromatic N) is 3. The quantitative estimate of drug-likeness (QED) is 0.829. The molecule has 2 rings (SSSR count). The fraction of sp³-hybridized carbons (Fsp3) is 0.636. The predicted molar refractivity (Wildman–Crippen MR) is 68.3 cm³/mol. The number of hydrogen-bond acceptors (Lipinski definition) is 5. The highest BCUT2D eigenvalue weighted by molar-refractivity contribution is 8.07. The van der Waals surface area contributed by atoms with E-state index in [1.807, 2.05) is 0 Å². The Bertz CT molecular complexity index is 710. The molecular weight excluding hydrogens is 311 g/mol. The highest BCUT2D eigenvalue weighted by atomic mass is 32.2. The van der Waals surface area contributed by atoms with Crippen molar-refractivity contribution in [3.8, 4) is 0 Å². The second-order valence-corrected chi connectivity index (χ2v) is 7.25. The number of alkyl halides is 3. The number of aromatic nitrogens is 2. The minimum atomic E-state index is -5.36. The average Bonchev–Trinajstić information content (AvgIpc) is 2.80. The van der Waals surface area contributed by atoms with Crippen LogP contribution in [0.15, 0.2) is 11.4 Å². The van der Waals surface area contributed by atoms with E-state index in [1.165, 1.54) is 27.8 Å². The largest absolute Gasteiger partial charge is 0.385 e. The fourth-order valence-corrected chi connectivity index (χ4v) is 3.34. The van der Waals surface area contributed by atoms with Crippen molar-refractivity contribution in [1.82, 2.24) is 9.78 Å². The molecule has 0 bridgehead atoms. The Morgan fingerprint density at radius 2 is 2.00 bits per heavy atom. The lowest BCUT2D eigenvalue weighted by Gasteiger charge is -2.20. The van der Waals surface area contributed by atoms with Crippen LogP contribution in [0.4, 0.5) is 13.2 Å². The Kier molecular flexibility index (Phi) is 3.35. The molecule has 0 saturated heterocycles. The summed E-state index contributed by atoms with van der Waals surface area (Å²) in [6.45, 7) is 3.68. The number of rotatable bonds is 2. The lowest BCUT2D eigenvalue weighted by atomic mass is 10.1. The zero-order valence-electron chi connectivity index (χ0n) is 11.8. The monoisotopic (exact) mass is 325 g/mol. The number of oxime groups is 1. The molecule has 21 heavy (non-hydrogen) atoms. The highest BCUT2D eigenvalue weighted by Gasteiger charge is 2.58. The van der Waals surface area contributed by atoms with Crippen LogP contribution >= 0.6 is 0 Å². The van der Waals surface area contributed by atoms with E-state index in [1.54, 1.807) is 0 Å². The molecule has 0 radical (unpaired) electrons. The van der Waals surface area contributed by atoms with E-state index in [9.17, 15) is 21.6 Å². The van der Waals surface area contributed by atoms with Crippen LogP contribution in [0, 0.1) is 6.92 Å². The van der Waals surface area contributed by atoms with Gasteiger partial charge in [0.25, 0.3) is 9.84 Å². The standard InChI is InChI=1S/C11H14F3N3O3S/c1-6-7(5-17(4)15-6)11(13,14)21(18,19)9-8(12)10(2,3)20-16-9/h5,8H,1-4H3. The van der Waals surface area contributed by atoms with E-state index in [-0.39, 0.29) is 5.69 Å². The third-order valence-corrected chi connectivity index (χ3v) is 4.86. The van der Waals surface area contributed by atoms with Gasteiger partial charge >= 0.3 is 5.25 Å². The minimum absolute atomic E-state index is 0.166. The third kappa shape index (κ3) is 2.21. The van der Waals surface area contributed by atoms with Gasteiger partial charge in [-0.15, -0.1) is 0 Å². The molecule has 0 fully saturated rings. The maximum absolute atomic E-state index is 14.3. The van der Waals surface area contributed by atoms with Gasteiger partial charge in [0.05, 0.1) is 11.3 Å². The first-order valence-corrected chi connectivity index (χ1v) is 7.43. The van der Waals surface area contributed by atoms with E-state index >= 15 is 0 Å². The Morgan fingerprint density at radius 1 is 1.43 bits per heavy atom. The molecule has 6 nitrogen and oxygen atoms in total. The van der Waals surface area contributed by atoms with E-state index in [4.69, 9.17) is 0 Å². The van der Waals surface area contributed by atoms with Crippen molar-refractivity contribution in [2.75, 3.05) is 0 Å². The lowest BCUT2D eigenvalue weighted by Crippen LogP contribution is -2.42. The molecular formula is C11H14F3N3O3S. The molecule has 1 aromatic rings. The summed E-state index contributed by atoms with van der Waals surface area (Å²) in [5, 5.41) is 1.03. The van der Waals surface area contributed by atoms with Gasteiger partial charge in [-0.05, 0) is 20.8 Å². The first-order chi connectivity index (χ1) is 9.41. The lowest BCUT2D eigenvalue weighted by molar-refractivity contribution is -0.0232. The summed E-state index contributed by atoms with van der Waals surface area (Å²) in [7, 11) is -3.99. The first kappa shape index (κ1) is 15.8. The van der Waals surface area contributed by atoms with Crippen molar-refractivity contribution in [2.24, 2.45) is 12.2 Å². The number of hydrogen-bond donors (Lipinski definition) is 0. The summed E-state index contributed by atoms with van der Waals surface area (Å²) < 4.78 is 67.9. The third-order valence-electron chi connectivity index (χ3n) is 3.14. The predicted octanol–water partition coefficient (Wildman–Crippen LogP) is 1.65. The molecule has 0 N–H and O–H groups in total. The molecule has 0 saturated carbocycles. The zero-order chi connectivity index (χ0) is 16.2. The SMILES string of the molecule is Cc1nn(C)cc1C(F)(F)S(=O)(=O)C1=NOC(C)(C)C1F. The Morgan fingerprint density at radius 3 is 2.38 bits per heavy atom. The van der Waals surface area contributed by atoms with Crippen LogP contribution in [0.25, 0.3) is 0 Å². The number of aryl methyl sites for hydroxylation is 2. The molecule has 10 heteroatoms. The van der Waals surface area contributed by atoms with Gasteiger partial charge in [-0.2, -0.15) is 13.9 Å². The van der Waals surface area contributed by atoms with Gasteiger partial charge in [0.1, 0.15) is 0 Å². The maximum atomic E-state index is 14.3. The highest BCUT2D eigenvalue weighted by Crippen LogP contribution is 2.40. The summed E-state index contributed by atoms with van der Waals surface area (Å²) in [6.07, 6.45) is -1.40. The van der Waals surface area contributed by atoms with Crippen LogP contribution in [-0.2, 0) is 27.0 Å². The van der Waals surface area contributed by atoms with Gasteiger partial charge in [0.2, 0.25) is 5.04 Å². The van der Waals surface area contributed by atoms with E-state index in [0.717, 1.165) is 10.9 Å². The smallest absolute Gasteiger partial charge is 0.379 e. The van der Waals surface area contributed by atoms with Gasteiger partial charge < -0.3 is 4.84 Å². The van der Waals surface area contributed by atoms with Crippen LogP contribution in [0.1, 0.15) is 25.1 Å². The maximum Gasteiger partial charge on any atom is 0.379 e. The topological polar surface area (TPSA) is 73.5 Å². The van der Waals surface area contributed by atoms with Crippen molar-refractivity contribution in [2.45, 2.75) is 37.8 Å². The normalized spacial score (nSPS) is 22.0. The summed E-state index contributed by atoms with van der Waals surface area (Å²) in [5.41, 5.74) is -2.59. The van der Waals surface area contributed by atoms with Crippen LogP contribution in [0.2, 0.25) is 0 Å². The molecule has 2 heterocycles. The van der Waals surface area contributed by atoms with Crippen molar-refractivity contribution >= 4 is 14.9 Å². The van der Waals surface area contributed by atoms with Crippen molar-refractivity contribution < 1.29 is 26.4 Å². The van der Waals surface area contributed by atoms with Crippen molar-refractivity contribution in [3.05, 3.63) is 17.5 Å². The Labute approximate surface area is 119 Å². The average molecular weight is 325 g/mol. The number of sulfone groups is 1. The fourth-order valence-electron chi connectivity index (χ4n) is 1.90. The van der Waals surface area contributed by atoms with Crippen molar-refractivity contribution in [3.63, 3.8) is 0 Å². The van der Waals surface area contributed by atoms with E-state index in [2.05, 4.69) is 15.1 Å². The van der Waals surface area contributed by atoms with Gasteiger partial charge in [0.15, 0.2) is 11.8 Å². The molecule has 1 aliphatic heterocycles. The molecule has 0 aliphatic carbocycles. The molecule has 1 aliphatic rings. The molecule has 1 aromatic heterocycles. The number of halogens is 3. The summed E-state index contributed by atoms with van der Waals surface area (Å²) in [6, 6.07) is 0. The van der Waals surface area contributed by atoms with Crippen LogP contribution < -0.4 is 0 Å². The molecule has 1 unspecified atom stereocenters. The first-order valence-electron chi connectivity index (χ1n) is 5.94. The van der Waals surface area contributed by atoms with Gasteiger partial charge in [-0.3, -0.25) is 4.68 Å². The van der Waals surface area contributed by atoms with Crippen LogP contribution in [-0.4, -0.2) is 35.0 Å². The summed E-state index contributed by atoms with van der Waals surface area (Å²) in [4.78, 5) is 4.60. The van der Waals surface area contributed by atoms with Crippen LogP contribution in [0.5, 0.6) is 0 Å². The van der Waals surface area contributed by atoms with Gasteiger partial charge in [-0.1, -0.05) is 5.16 Å². The van der Waals surface area contributed by atoms with Crippen LogP contribution in [0.3, 0.4) is 0 Å². The minimum Gasteiger partial charge on any atom is -0.385 e. The molecule has 118 valence electrons. The second-order valence-electron chi connectivity index (χ2n) is 5.31. The molecule has 0 spiro atoms. The molecule has 1 atom stereocenters. The Hall–Kier alpha value is -1.58. The van der Waals surface area contributed by atoms with Gasteiger partial charge in [0, 0.05) is 13.2 Å². The van der Waals surface area contributed by atoms with Gasteiger partial charge in [-0.25, -0.2) is 12.8 Å². The Balaban J connectivity index is 2.52. The van der Waals surface area contributed by atoms with E-state index < -0.39 is 37.5 Å². The molecule has 0 aromatic carbocycles. The summed E-state index contributed by atoms with van der Waals surface area (Å²) in [5.74, 6) is 0.